The van der Waals surface area contributed by atoms with Crippen LogP contribution in [-0.4, -0.2) is 12.4 Å². The number of rotatable bonds is 9. The van der Waals surface area contributed by atoms with Gasteiger partial charge in [0.15, 0.2) is 0 Å². The van der Waals surface area contributed by atoms with E-state index in [-0.39, 0.29) is 6.10 Å². The standard InChI is InChI=1S/C27H39BrClNO/c1-8-22(9-2)18(4)14-17(3)20(6)24-15-25(28)27(30-16-19(24)5)31-21(7)23-12-10-11-13-26(23)29/h10-13,15,17-18,20-22H,8-9,14,16H2,1-7H3. The lowest BCUT2D eigenvalue weighted by atomic mass is 9.77. The lowest BCUT2D eigenvalue weighted by Gasteiger charge is -2.29. The highest BCUT2D eigenvalue weighted by molar-refractivity contribution is 9.12. The van der Waals surface area contributed by atoms with Gasteiger partial charge in [-0.1, -0.05) is 77.3 Å². The third kappa shape index (κ3) is 6.96. The summed E-state index contributed by atoms with van der Waals surface area (Å²) in [5, 5.41) is 0.716. The number of aliphatic imine (C=N–C) groups is 1. The van der Waals surface area contributed by atoms with E-state index in [1.165, 1.54) is 30.4 Å². The highest BCUT2D eigenvalue weighted by Gasteiger charge is 2.25. The SMILES string of the molecule is CCC(CC)C(C)CC(C)C(C)C1=C(C)CN=C(OC(C)c2ccccc2Cl)C(Br)=C1. The van der Waals surface area contributed by atoms with Crippen LogP contribution >= 0.6 is 27.5 Å². The molecule has 1 aliphatic heterocycles. The Bertz CT molecular complexity index is 824. The Morgan fingerprint density at radius 3 is 2.32 bits per heavy atom. The van der Waals surface area contributed by atoms with Crippen LogP contribution in [0, 0.1) is 23.7 Å². The van der Waals surface area contributed by atoms with E-state index >= 15 is 0 Å². The quantitative estimate of drug-likeness (QED) is 0.326. The largest absolute Gasteiger partial charge is 0.469 e. The molecule has 2 nitrogen and oxygen atoms in total. The van der Waals surface area contributed by atoms with Gasteiger partial charge in [-0.3, -0.25) is 0 Å². The summed E-state index contributed by atoms with van der Waals surface area (Å²) in [7, 11) is 0. The lowest BCUT2D eigenvalue weighted by Crippen LogP contribution is -2.19. The van der Waals surface area contributed by atoms with Crippen LogP contribution in [0.25, 0.3) is 0 Å². The monoisotopic (exact) mass is 507 g/mol. The maximum Gasteiger partial charge on any atom is 0.224 e. The molecule has 0 aromatic heterocycles. The zero-order valence-electron chi connectivity index (χ0n) is 20.2. The Morgan fingerprint density at radius 2 is 1.71 bits per heavy atom. The molecule has 4 unspecified atom stereocenters. The molecular weight excluding hydrogens is 470 g/mol. The molecule has 2 rings (SSSR count). The van der Waals surface area contributed by atoms with Crippen LogP contribution in [0.1, 0.15) is 79.4 Å². The first-order valence-electron chi connectivity index (χ1n) is 11.7. The maximum absolute atomic E-state index is 6.36. The van der Waals surface area contributed by atoms with Gasteiger partial charge in [0, 0.05) is 10.6 Å². The van der Waals surface area contributed by atoms with Crippen molar-refractivity contribution >= 4 is 33.4 Å². The molecule has 1 aromatic carbocycles. The van der Waals surface area contributed by atoms with E-state index in [1.807, 2.05) is 31.2 Å². The van der Waals surface area contributed by atoms with E-state index in [9.17, 15) is 0 Å². The number of benzene rings is 1. The molecule has 0 bridgehead atoms. The molecule has 0 aliphatic carbocycles. The van der Waals surface area contributed by atoms with Crippen LogP contribution < -0.4 is 0 Å². The van der Waals surface area contributed by atoms with E-state index in [4.69, 9.17) is 21.3 Å². The molecule has 0 radical (unpaired) electrons. The van der Waals surface area contributed by atoms with Gasteiger partial charge >= 0.3 is 0 Å². The van der Waals surface area contributed by atoms with Crippen molar-refractivity contribution in [1.29, 1.82) is 0 Å². The predicted molar refractivity (Wildman–Crippen MR) is 139 cm³/mol. The Morgan fingerprint density at radius 1 is 1.06 bits per heavy atom. The first-order chi connectivity index (χ1) is 14.7. The second kappa shape index (κ2) is 12.3. The molecule has 1 aliphatic rings. The fourth-order valence-electron chi connectivity index (χ4n) is 4.71. The third-order valence-corrected chi connectivity index (χ3v) is 7.92. The first-order valence-corrected chi connectivity index (χ1v) is 12.9. The minimum Gasteiger partial charge on any atom is -0.469 e. The lowest BCUT2D eigenvalue weighted by molar-refractivity contribution is 0.214. The topological polar surface area (TPSA) is 21.6 Å². The van der Waals surface area contributed by atoms with Crippen molar-refractivity contribution in [2.24, 2.45) is 28.7 Å². The molecule has 0 saturated carbocycles. The summed E-state index contributed by atoms with van der Waals surface area (Å²) in [6, 6.07) is 7.81. The van der Waals surface area contributed by atoms with Crippen LogP contribution in [0.5, 0.6) is 0 Å². The third-order valence-electron chi connectivity index (χ3n) is 7.01. The molecule has 0 spiro atoms. The molecule has 0 saturated heterocycles. The Kier molecular flexibility index (Phi) is 10.4. The number of ether oxygens (including phenoxy) is 1. The second-order valence-corrected chi connectivity index (χ2v) is 10.4. The van der Waals surface area contributed by atoms with E-state index in [0.29, 0.717) is 29.3 Å². The number of hydrogen-bond donors (Lipinski definition) is 0. The molecular formula is C27H39BrClNO. The molecule has 31 heavy (non-hydrogen) atoms. The summed E-state index contributed by atoms with van der Waals surface area (Å²) in [5.74, 6) is 3.29. The maximum atomic E-state index is 6.36. The molecule has 1 aromatic rings. The number of hydrogen-bond acceptors (Lipinski definition) is 2. The zero-order chi connectivity index (χ0) is 23.1. The number of nitrogens with zero attached hydrogens (tertiary/aromatic N) is 1. The average molecular weight is 509 g/mol. The molecule has 0 amide bonds. The summed E-state index contributed by atoms with van der Waals surface area (Å²) in [5.41, 5.74) is 3.66. The highest BCUT2D eigenvalue weighted by Crippen LogP contribution is 2.35. The zero-order valence-corrected chi connectivity index (χ0v) is 22.6. The van der Waals surface area contributed by atoms with Gasteiger partial charge in [-0.15, -0.1) is 0 Å². The van der Waals surface area contributed by atoms with E-state index in [2.05, 4.69) is 63.5 Å². The van der Waals surface area contributed by atoms with Crippen LogP contribution in [0.4, 0.5) is 0 Å². The summed E-state index contributed by atoms with van der Waals surface area (Å²) < 4.78 is 7.14. The summed E-state index contributed by atoms with van der Waals surface area (Å²) in [6.45, 7) is 16.7. The summed E-state index contributed by atoms with van der Waals surface area (Å²) in [4.78, 5) is 4.77. The van der Waals surface area contributed by atoms with Gasteiger partial charge in [0.1, 0.15) is 6.10 Å². The van der Waals surface area contributed by atoms with Gasteiger partial charge in [0.2, 0.25) is 5.90 Å². The fourth-order valence-corrected chi connectivity index (χ4v) is 5.47. The van der Waals surface area contributed by atoms with Gasteiger partial charge in [-0.25, -0.2) is 4.99 Å². The van der Waals surface area contributed by atoms with Crippen molar-refractivity contribution in [1.82, 2.24) is 0 Å². The van der Waals surface area contributed by atoms with Crippen LogP contribution in [-0.2, 0) is 4.74 Å². The Labute approximate surface area is 203 Å². The molecule has 4 heteroatoms. The Balaban J connectivity index is 2.13. The minimum atomic E-state index is -0.174. The average Bonchev–Trinajstić information content (AvgIpc) is 2.87. The van der Waals surface area contributed by atoms with Gasteiger partial charge in [0.05, 0.1) is 11.0 Å². The van der Waals surface area contributed by atoms with Crippen molar-refractivity contribution in [3.05, 3.63) is 56.6 Å². The van der Waals surface area contributed by atoms with E-state index < -0.39 is 0 Å². The summed E-state index contributed by atoms with van der Waals surface area (Å²) >= 11 is 10.1. The normalized spacial score (nSPS) is 18.8. The molecule has 0 fully saturated rings. The van der Waals surface area contributed by atoms with E-state index in [0.717, 1.165) is 21.9 Å². The van der Waals surface area contributed by atoms with E-state index in [1.54, 1.807) is 0 Å². The van der Waals surface area contributed by atoms with Crippen molar-refractivity contribution in [2.75, 3.05) is 6.54 Å². The van der Waals surface area contributed by atoms with Crippen molar-refractivity contribution in [3.8, 4) is 0 Å². The van der Waals surface area contributed by atoms with Crippen molar-refractivity contribution in [3.63, 3.8) is 0 Å². The van der Waals surface area contributed by atoms with Gasteiger partial charge in [-0.2, -0.15) is 0 Å². The minimum absolute atomic E-state index is 0.174. The van der Waals surface area contributed by atoms with Crippen LogP contribution in [0.3, 0.4) is 0 Å². The second-order valence-electron chi connectivity index (χ2n) is 9.19. The predicted octanol–water partition coefficient (Wildman–Crippen LogP) is 9.16. The Hall–Kier alpha value is -1.06. The molecule has 0 N–H and O–H groups in total. The fraction of sp³-hybridized carbons (Fsp3) is 0.593. The van der Waals surface area contributed by atoms with Crippen molar-refractivity contribution in [2.45, 2.75) is 73.8 Å². The molecule has 4 atom stereocenters. The van der Waals surface area contributed by atoms with Crippen molar-refractivity contribution < 1.29 is 4.74 Å². The molecule has 172 valence electrons. The highest BCUT2D eigenvalue weighted by atomic mass is 79.9. The first kappa shape index (κ1) is 26.2. The van der Waals surface area contributed by atoms with Gasteiger partial charge in [0.25, 0.3) is 0 Å². The van der Waals surface area contributed by atoms with Gasteiger partial charge in [-0.05, 0) is 83.2 Å². The molecule has 1 heterocycles. The number of allylic oxidation sites excluding steroid dienone is 2. The van der Waals surface area contributed by atoms with Gasteiger partial charge < -0.3 is 4.74 Å². The number of halogens is 2. The summed E-state index contributed by atoms with van der Waals surface area (Å²) in [6.07, 6.45) is 5.84. The van der Waals surface area contributed by atoms with Crippen LogP contribution in [0.2, 0.25) is 5.02 Å². The van der Waals surface area contributed by atoms with Crippen LogP contribution in [0.15, 0.2) is 51.0 Å². The smallest absolute Gasteiger partial charge is 0.224 e.